The van der Waals surface area contributed by atoms with E-state index in [-0.39, 0.29) is 30.1 Å². The zero-order chi connectivity index (χ0) is 23.2. The van der Waals surface area contributed by atoms with Gasteiger partial charge in [-0.25, -0.2) is 4.98 Å². The summed E-state index contributed by atoms with van der Waals surface area (Å²) in [4.78, 5) is 31.7. The van der Waals surface area contributed by atoms with Gasteiger partial charge in [-0.3, -0.25) is 9.59 Å². The number of alkyl halides is 2. The number of anilines is 1. The number of para-hydroxylation sites is 1. The third kappa shape index (κ3) is 5.79. The number of carbonyl (C=O) groups excluding carboxylic acids is 1. The van der Waals surface area contributed by atoms with Gasteiger partial charge in [-0.1, -0.05) is 42.5 Å². The number of aryl methyl sites for hydroxylation is 1. The third-order valence-electron chi connectivity index (χ3n) is 5.05. The lowest BCUT2D eigenvalue weighted by Gasteiger charge is -2.13. The summed E-state index contributed by atoms with van der Waals surface area (Å²) in [6, 6.07) is 20.9. The highest BCUT2D eigenvalue weighted by Crippen LogP contribution is 2.27. The van der Waals surface area contributed by atoms with Crippen LogP contribution in [0.25, 0.3) is 10.9 Å². The van der Waals surface area contributed by atoms with Crippen LogP contribution in [-0.2, 0) is 17.6 Å². The predicted molar refractivity (Wildman–Crippen MR) is 122 cm³/mol. The number of rotatable bonds is 8. The molecule has 168 valence electrons. The van der Waals surface area contributed by atoms with Crippen LogP contribution in [0.1, 0.15) is 23.4 Å². The Labute approximate surface area is 188 Å². The summed E-state index contributed by atoms with van der Waals surface area (Å²) in [6.45, 7) is -2.95. The summed E-state index contributed by atoms with van der Waals surface area (Å²) in [5.74, 6) is 0.183. The topological polar surface area (TPSA) is 84.1 Å². The fourth-order valence-corrected chi connectivity index (χ4v) is 3.53. The molecule has 1 amide bonds. The number of nitrogens with one attached hydrogen (secondary N) is 2. The fraction of sp³-hybridized carbons (Fsp3) is 0.160. The highest BCUT2D eigenvalue weighted by molar-refractivity contribution is 5.91. The van der Waals surface area contributed by atoms with Gasteiger partial charge in [-0.2, -0.15) is 8.78 Å². The van der Waals surface area contributed by atoms with Gasteiger partial charge in [-0.15, -0.1) is 0 Å². The Morgan fingerprint density at radius 1 is 1.03 bits per heavy atom. The molecule has 0 aliphatic rings. The van der Waals surface area contributed by atoms with Gasteiger partial charge in [0, 0.05) is 30.5 Å². The van der Waals surface area contributed by atoms with E-state index < -0.39 is 6.61 Å². The number of H-pyrrole nitrogens is 1. The number of amides is 1. The first kappa shape index (κ1) is 22.1. The van der Waals surface area contributed by atoms with Crippen LogP contribution in [0.15, 0.2) is 77.6 Å². The van der Waals surface area contributed by atoms with Gasteiger partial charge in [0.25, 0.3) is 5.56 Å². The molecular formula is C25H21F2N3O3. The summed E-state index contributed by atoms with van der Waals surface area (Å²) in [7, 11) is 0. The number of fused-ring (bicyclic) bond motifs is 1. The van der Waals surface area contributed by atoms with Gasteiger partial charge in [0.1, 0.15) is 11.6 Å². The molecule has 3 aromatic carbocycles. The second kappa shape index (κ2) is 10.0. The quantitative estimate of drug-likeness (QED) is 0.409. The Balaban J connectivity index is 1.46. The monoisotopic (exact) mass is 449 g/mol. The Morgan fingerprint density at radius 3 is 2.58 bits per heavy atom. The number of carbonyl (C=O) groups is 1. The van der Waals surface area contributed by atoms with E-state index >= 15 is 0 Å². The maximum Gasteiger partial charge on any atom is 0.387 e. The van der Waals surface area contributed by atoms with Crippen LogP contribution >= 0.6 is 0 Å². The maximum atomic E-state index is 12.8. The lowest BCUT2D eigenvalue weighted by atomic mass is 10.0. The highest BCUT2D eigenvalue weighted by atomic mass is 19.3. The standard InChI is InChI=1S/C25H21F2N3O3/c26-25(27)33-21-11-10-18(15-17(21)14-16-6-2-1-3-7-16)28-23(31)13-12-22-29-20-9-5-4-8-19(20)24(32)30-22/h1-11,15,25H,12-14H2,(H,28,31)(H,29,30,32). The van der Waals surface area contributed by atoms with Crippen LogP contribution in [0.2, 0.25) is 0 Å². The van der Waals surface area contributed by atoms with E-state index in [1.54, 1.807) is 30.3 Å². The van der Waals surface area contributed by atoms with Crippen molar-refractivity contribution in [2.24, 2.45) is 0 Å². The number of aromatic amines is 1. The van der Waals surface area contributed by atoms with Gasteiger partial charge >= 0.3 is 6.61 Å². The molecule has 1 heterocycles. The molecule has 1 aromatic heterocycles. The van der Waals surface area contributed by atoms with E-state index in [9.17, 15) is 18.4 Å². The third-order valence-corrected chi connectivity index (χ3v) is 5.05. The second-order valence-corrected chi connectivity index (χ2v) is 7.44. The molecule has 8 heteroatoms. The average molecular weight is 449 g/mol. The van der Waals surface area contributed by atoms with Gasteiger partial charge < -0.3 is 15.0 Å². The summed E-state index contributed by atoms with van der Waals surface area (Å²) in [5.41, 5.74) is 2.23. The van der Waals surface area contributed by atoms with Crippen LogP contribution in [-0.4, -0.2) is 22.5 Å². The van der Waals surface area contributed by atoms with Crippen LogP contribution in [0.4, 0.5) is 14.5 Å². The van der Waals surface area contributed by atoms with Crippen molar-refractivity contribution in [2.75, 3.05) is 5.32 Å². The van der Waals surface area contributed by atoms with Crippen molar-refractivity contribution in [3.63, 3.8) is 0 Å². The SMILES string of the molecule is O=C(CCc1nc2ccccc2c(=O)[nH]1)Nc1ccc(OC(F)F)c(Cc2ccccc2)c1. The largest absolute Gasteiger partial charge is 0.435 e. The van der Waals surface area contributed by atoms with E-state index in [1.165, 1.54) is 12.1 Å². The molecule has 0 saturated heterocycles. The average Bonchev–Trinajstić information content (AvgIpc) is 2.80. The van der Waals surface area contributed by atoms with E-state index in [0.717, 1.165) is 5.56 Å². The summed E-state index contributed by atoms with van der Waals surface area (Å²) < 4.78 is 30.3. The number of nitrogens with zero attached hydrogens (tertiary/aromatic N) is 1. The zero-order valence-corrected chi connectivity index (χ0v) is 17.6. The summed E-state index contributed by atoms with van der Waals surface area (Å²) in [6.07, 6.45) is 0.703. The first-order valence-corrected chi connectivity index (χ1v) is 10.4. The van der Waals surface area contributed by atoms with E-state index in [1.807, 2.05) is 30.3 Å². The lowest BCUT2D eigenvalue weighted by molar-refractivity contribution is -0.116. The summed E-state index contributed by atoms with van der Waals surface area (Å²) in [5, 5.41) is 3.26. The van der Waals surface area contributed by atoms with Gasteiger partial charge in [0.2, 0.25) is 5.91 Å². The van der Waals surface area contributed by atoms with E-state index in [4.69, 9.17) is 0 Å². The molecule has 0 saturated carbocycles. The minimum atomic E-state index is -2.95. The van der Waals surface area contributed by atoms with Crippen molar-refractivity contribution >= 4 is 22.5 Å². The molecule has 0 unspecified atom stereocenters. The Bertz CT molecular complexity index is 1320. The number of aromatic nitrogens is 2. The van der Waals surface area contributed by atoms with Crippen molar-refractivity contribution in [1.82, 2.24) is 9.97 Å². The molecule has 0 aliphatic carbocycles. The molecule has 0 radical (unpaired) electrons. The predicted octanol–water partition coefficient (Wildman–Crippen LogP) is 4.69. The molecule has 4 rings (SSSR count). The number of hydrogen-bond donors (Lipinski definition) is 2. The fourth-order valence-electron chi connectivity index (χ4n) is 3.53. The van der Waals surface area contributed by atoms with E-state index in [0.29, 0.717) is 34.4 Å². The smallest absolute Gasteiger partial charge is 0.387 e. The Kier molecular flexibility index (Phi) is 6.73. The number of benzene rings is 3. The molecular weight excluding hydrogens is 428 g/mol. The highest BCUT2D eigenvalue weighted by Gasteiger charge is 2.13. The summed E-state index contributed by atoms with van der Waals surface area (Å²) >= 11 is 0. The number of ether oxygens (including phenoxy) is 1. The van der Waals surface area contributed by atoms with Crippen LogP contribution in [0, 0.1) is 0 Å². The second-order valence-electron chi connectivity index (χ2n) is 7.44. The minimum absolute atomic E-state index is 0.0600. The van der Waals surface area contributed by atoms with Crippen molar-refractivity contribution in [1.29, 1.82) is 0 Å². The molecule has 6 nitrogen and oxygen atoms in total. The van der Waals surface area contributed by atoms with Crippen molar-refractivity contribution < 1.29 is 18.3 Å². The first-order valence-electron chi connectivity index (χ1n) is 10.4. The molecule has 0 spiro atoms. The molecule has 0 atom stereocenters. The van der Waals surface area contributed by atoms with E-state index in [2.05, 4.69) is 20.0 Å². The molecule has 0 fully saturated rings. The van der Waals surface area contributed by atoms with Crippen molar-refractivity contribution in [3.8, 4) is 5.75 Å². The molecule has 2 N–H and O–H groups in total. The number of hydrogen-bond acceptors (Lipinski definition) is 4. The Morgan fingerprint density at radius 2 is 1.79 bits per heavy atom. The number of halogens is 2. The van der Waals surface area contributed by atoms with Crippen LogP contribution < -0.4 is 15.6 Å². The molecule has 33 heavy (non-hydrogen) atoms. The lowest BCUT2D eigenvalue weighted by Crippen LogP contribution is -2.16. The van der Waals surface area contributed by atoms with Crippen LogP contribution in [0.3, 0.4) is 0 Å². The van der Waals surface area contributed by atoms with Gasteiger partial charge in [0.05, 0.1) is 10.9 Å². The van der Waals surface area contributed by atoms with Crippen LogP contribution in [0.5, 0.6) is 5.75 Å². The zero-order valence-electron chi connectivity index (χ0n) is 17.6. The molecule has 0 bridgehead atoms. The van der Waals surface area contributed by atoms with Crippen molar-refractivity contribution in [3.05, 3.63) is 100 Å². The molecule has 0 aliphatic heterocycles. The van der Waals surface area contributed by atoms with Crippen molar-refractivity contribution in [2.45, 2.75) is 25.9 Å². The van der Waals surface area contributed by atoms with Gasteiger partial charge in [-0.05, 0) is 35.9 Å². The maximum absolute atomic E-state index is 12.8. The first-order chi connectivity index (χ1) is 16.0. The van der Waals surface area contributed by atoms with Gasteiger partial charge in [0.15, 0.2) is 0 Å². The molecule has 4 aromatic rings. The normalized spacial score (nSPS) is 11.0. The minimum Gasteiger partial charge on any atom is -0.435 e. The Hall–Kier alpha value is -4.07.